The van der Waals surface area contributed by atoms with Gasteiger partial charge in [0.15, 0.2) is 11.5 Å². The molecule has 0 aliphatic rings. The molecule has 29 heavy (non-hydrogen) atoms. The number of thiophene rings is 1. The van der Waals surface area contributed by atoms with Crippen LogP contribution in [0, 0.1) is 6.92 Å². The number of amides is 1. The molecule has 0 atom stereocenters. The molecule has 3 aromatic rings. The van der Waals surface area contributed by atoms with Crippen molar-refractivity contribution >= 4 is 33.1 Å². The number of aryl methyl sites for hydroxylation is 2. The lowest BCUT2D eigenvalue weighted by Crippen LogP contribution is -2.20. The summed E-state index contributed by atoms with van der Waals surface area (Å²) in [5.74, 6) is 0.820. The Kier molecular flexibility index (Phi) is 6.53. The third-order valence-corrected chi connectivity index (χ3v) is 5.97. The Labute approximate surface area is 173 Å². The molecular weight excluding hydrogens is 390 g/mol. The van der Waals surface area contributed by atoms with E-state index < -0.39 is 0 Å². The molecular formula is C21H25N3O4S. The van der Waals surface area contributed by atoms with Crippen LogP contribution in [0.2, 0.25) is 0 Å². The van der Waals surface area contributed by atoms with Crippen molar-refractivity contribution in [1.29, 1.82) is 0 Å². The van der Waals surface area contributed by atoms with Crippen LogP contribution in [0.25, 0.3) is 10.2 Å². The molecule has 7 nitrogen and oxygen atoms in total. The van der Waals surface area contributed by atoms with Gasteiger partial charge in [0, 0.05) is 18.3 Å². The number of rotatable bonds is 8. The summed E-state index contributed by atoms with van der Waals surface area (Å²) in [6, 6.07) is 5.15. The van der Waals surface area contributed by atoms with Crippen molar-refractivity contribution in [3.8, 4) is 11.5 Å². The molecule has 0 radical (unpaired) electrons. The summed E-state index contributed by atoms with van der Waals surface area (Å²) in [6.07, 6.45) is 4.65. The number of hydrogen-bond acceptors (Lipinski definition) is 6. The zero-order valence-electron chi connectivity index (χ0n) is 17.1. The zero-order valence-corrected chi connectivity index (χ0v) is 17.9. The van der Waals surface area contributed by atoms with E-state index in [9.17, 15) is 9.59 Å². The molecule has 0 aliphatic heterocycles. The molecule has 0 fully saturated rings. The van der Waals surface area contributed by atoms with Crippen LogP contribution in [0.5, 0.6) is 11.5 Å². The van der Waals surface area contributed by atoms with E-state index in [1.165, 1.54) is 18.4 Å². The number of benzene rings is 1. The minimum atomic E-state index is -0.283. The first-order chi connectivity index (χ1) is 14.0. The lowest BCUT2D eigenvalue weighted by Gasteiger charge is -2.10. The van der Waals surface area contributed by atoms with E-state index in [-0.39, 0.29) is 11.5 Å². The van der Waals surface area contributed by atoms with Gasteiger partial charge in [-0.05, 0) is 31.0 Å². The highest BCUT2D eigenvalue weighted by Gasteiger charge is 2.20. The average molecular weight is 416 g/mol. The fourth-order valence-corrected chi connectivity index (χ4v) is 4.20. The van der Waals surface area contributed by atoms with Crippen LogP contribution in [-0.4, -0.2) is 29.7 Å². The van der Waals surface area contributed by atoms with Gasteiger partial charge in [0.2, 0.25) is 0 Å². The van der Waals surface area contributed by atoms with Crippen LogP contribution in [0.3, 0.4) is 0 Å². The summed E-state index contributed by atoms with van der Waals surface area (Å²) in [5, 5.41) is 3.38. The highest BCUT2D eigenvalue weighted by molar-refractivity contribution is 7.20. The standard InChI is InChI=1S/C21H25N3O4S/c1-5-6-7-10-24-12-22-20-17(21(24)26)13(2)18(29-20)19(25)23-14-8-9-15(27-3)16(11-14)28-4/h8-9,11-12H,5-7,10H2,1-4H3,(H,23,25). The second kappa shape index (κ2) is 9.09. The highest BCUT2D eigenvalue weighted by Crippen LogP contribution is 2.31. The number of aromatic nitrogens is 2. The van der Waals surface area contributed by atoms with Crippen molar-refractivity contribution in [2.75, 3.05) is 19.5 Å². The zero-order chi connectivity index (χ0) is 21.0. The smallest absolute Gasteiger partial charge is 0.266 e. The number of carbonyl (C=O) groups excluding carboxylic acids is 1. The summed E-state index contributed by atoms with van der Waals surface area (Å²) in [4.78, 5) is 31.2. The molecule has 0 saturated carbocycles. The van der Waals surface area contributed by atoms with E-state index in [2.05, 4.69) is 17.2 Å². The Balaban J connectivity index is 1.89. The average Bonchev–Trinajstić information content (AvgIpc) is 3.07. The van der Waals surface area contributed by atoms with E-state index in [0.29, 0.717) is 44.4 Å². The first-order valence-electron chi connectivity index (χ1n) is 9.52. The predicted molar refractivity (Wildman–Crippen MR) is 116 cm³/mol. The van der Waals surface area contributed by atoms with Crippen LogP contribution >= 0.6 is 11.3 Å². The quantitative estimate of drug-likeness (QED) is 0.557. The maximum atomic E-state index is 12.9. The Hall–Kier alpha value is -2.87. The normalized spacial score (nSPS) is 10.9. The van der Waals surface area contributed by atoms with E-state index >= 15 is 0 Å². The molecule has 154 valence electrons. The van der Waals surface area contributed by atoms with Crippen molar-refractivity contribution in [3.05, 3.63) is 45.3 Å². The maximum absolute atomic E-state index is 12.9. The maximum Gasteiger partial charge on any atom is 0.266 e. The number of hydrogen-bond donors (Lipinski definition) is 1. The van der Waals surface area contributed by atoms with E-state index in [4.69, 9.17) is 9.47 Å². The van der Waals surface area contributed by atoms with Crippen molar-refractivity contribution in [2.45, 2.75) is 39.7 Å². The van der Waals surface area contributed by atoms with Crippen molar-refractivity contribution in [3.63, 3.8) is 0 Å². The van der Waals surface area contributed by atoms with E-state index in [0.717, 1.165) is 19.3 Å². The monoisotopic (exact) mass is 415 g/mol. The summed E-state index contributed by atoms with van der Waals surface area (Å²) in [7, 11) is 3.09. The molecule has 8 heteroatoms. The SMILES string of the molecule is CCCCCn1cnc2sc(C(=O)Nc3ccc(OC)c(OC)c3)c(C)c2c1=O. The second-order valence-corrected chi connectivity index (χ2v) is 7.71. The number of carbonyl (C=O) groups is 1. The minimum Gasteiger partial charge on any atom is -0.493 e. The lowest BCUT2D eigenvalue weighted by molar-refractivity contribution is 0.103. The molecule has 3 rings (SSSR count). The van der Waals surface area contributed by atoms with Gasteiger partial charge in [0.25, 0.3) is 11.5 Å². The Bertz CT molecular complexity index is 1090. The summed E-state index contributed by atoms with van der Waals surface area (Å²) in [6.45, 7) is 4.55. The molecule has 1 amide bonds. The summed E-state index contributed by atoms with van der Waals surface area (Å²) >= 11 is 1.23. The molecule has 0 saturated heterocycles. The third-order valence-electron chi connectivity index (χ3n) is 4.77. The Morgan fingerprint density at radius 2 is 1.97 bits per heavy atom. The van der Waals surface area contributed by atoms with Gasteiger partial charge in [-0.1, -0.05) is 19.8 Å². The van der Waals surface area contributed by atoms with Gasteiger partial charge >= 0.3 is 0 Å². The van der Waals surface area contributed by atoms with Gasteiger partial charge in [-0.15, -0.1) is 11.3 Å². The molecule has 2 heterocycles. The van der Waals surface area contributed by atoms with Crippen molar-refractivity contribution in [2.24, 2.45) is 0 Å². The molecule has 1 N–H and O–H groups in total. The van der Waals surface area contributed by atoms with Crippen LogP contribution in [0.4, 0.5) is 5.69 Å². The van der Waals surface area contributed by atoms with Crippen LogP contribution in [0.1, 0.15) is 41.4 Å². The van der Waals surface area contributed by atoms with Crippen LogP contribution in [0.15, 0.2) is 29.3 Å². The van der Waals surface area contributed by atoms with Crippen LogP contribution < -0.4 is 20.3 Å². The number of unbranched alkanes of at least 4 members (excludes halogenated alkanes) is 2. The van der Waals surface area contributed by atoms with Gasteiger partial charge in [0.05, 0.1) is 30.8 Å². The number of anilines is 1. The fraction of sp³-hybridized carbons (Fsp3) is 0.381. The molecule has 2 aromatic heterocycles. The van der Waals surface area contributed by atoms with Gasteiger partial charge in [-0.3, -0.25) is 14.2 Å². The minimum absolute atomic E-state index is 0.0926. The number of nitrogens with zero attached hydrogens (tertiary/aromatic N) is 2. The lowest BCUT2D eigenvalue weighted by atomic mass is 10.2. The van der Waals surface area contributed by atoms with Gasteiger partial charge in [-0.2, -0.15) is 0 Å². The number of ether oxygens (including phenoxy) is 2. The van der Waals surface area contributed by atoms with E-state index in [1.54, 1.807) is 43.1 Å². The number of methoxy groups -OCH3 is 2. The van der Waals surface area contributed by atoms with Crippen molar-refractivity contribution < 1.29 is 14.3 Å². The number of nitrogens with one attached hydrogen (secondary N) is 1. The molecule has 0 aliphatic carbocycles. The first-order valence-corrected chi connectivity index (χ1v) is 10.3. The van der Waals surface area contributed by atoms with Crippen LogP contribution in [-0.2, 0) is 6.54 Å². The Morgan fingerprint density at radius 1 is 1.21 bits per heavy atom. The van der Waals surface area contributed by atoms with Gasteiger partial charge in [0.1, 0.15) is 4.83 Å². The topological polar surface area (TPSA) is 82.5 Å². The Morgan fingerprint density at radius 3 is 2.66 bits per heavy atom. The number of fused-ring (bicyclic) bond motifs is 1. The summed E-state index contributed by atoms with van der Waals surface area (Å²) in [5.41, 5.74) is 1.14. The predicted octanol–water partition coefficient (Wildman–Crippen LogP) is 4.23. The third kappa shape index (κ3) is 4.27. The molecule has 0 bridgehead atoms. The second-order valence-electron chi connectivity index (χ2n) is 6.71. The molecule has 0 spiro atoms. The fourth-order valence-electron chi connectivity index (χ4n) is 3.17. The molecule has 1 aromatic carbocycles. The van der Waals surface area contributed by atoms with Gasteiger partial charge in [-0.25, -0.2) is 4.98 Å². The highest BCUT2D eigenvalue weighted by atomic mass is 32.1. The van der Waals surface area contributed by atoms with Gasteiger partial charge < -0.3 is 14.8 Å². The van der Waals surface area contributed by atoms with Crippen molar-refractivity contribution in [1.82, 2.24) is 9.55 Å². The largest absolute Gasteiger partial charge is 0.493 e. The van der Waals surface area contributed by atoms with E-state index in [1.807, 2.05) is 0 Å². The first kappa shape index (κ1) is 20.9. The molecule has 0 unspecified atom stereocenters. The summed E-state index contributed by atoms with van der Waals surface area (Å²) < 4.78 is 12.1.